The first kappa shape index (κ1) is 39.8. The Morgan fingerprint density at radius 2 is 1.73 bits per heavy atom. The highest BCUT2D eigenvalue weighted by molar-refractivity contribution is 6.02. The minimum atomic E-state index is -1.17. The van der Waals surface area contributed by atoms with Gasteiger partial charge in [0.1, 0.15) is 6.10 Å². The molecule has 8 atom stereocenters. The molecule has 0 unspecified atom stereocenters. The van der Waals surface area contributed by atoms with Crippen LogP contribution in [0.15, 0.2) is 11.1 Å². The fourth-order valence-corrected chi connectivity index (χ4v) is 12.3. The Kier molecular flexibility index (Phi) is 11.0. The molecule has 1 aliphatic heterocycles. The molecule has 288 valence electrons. The molecule has 5 aliphatic rings. The fourth-order valence-electron chi connectivity index (χ4n) is 12.3. The van der Waals surface area contributed by atoms with E-state index in [9.17, 15) is 24.3 Å². The second kappa shape index (κ2) is 14.1. The second-order valence-electron chi connectivity index (χ2n) is 19.8. The Hall–Kier alpha value is -2.42. The summed E-state index contributed by atoms with van der Waals surface area (Å²) in [5.41, 5.74) is 0.0914. The lowest BCUT2D eigenvalue weighted by Gasteiger charge is -2.67. The summed E-state index contributed by atoms with van der Waals surface area (Å²) in [6.45, 7) is 23.3. The predicted molar refractivity (Wildman–Crippen MR) is 200 cm³/mol. The summed E-state index contributed by atoms with van der Waals surface area (Å²) >= 11 is 0. The van der Waals surface area contributed by atoms with Crippen LogP contribution in [0.4, 0.5) is 4.79 Å². The molecule has 1 heterocycles. The number of amides is 2. The largest absolute Gasteiger partial charge is 0.481 e. The molecule has 0 aromatic carbocycles. The second-order valence-corrected chi connectivity index (χ2v) is 19.8. The zero-order valence-corrected chi connectivity index (χ0v) is 33.5. The fraction of sp³-hybridized carbons (Fsp3) is 0.857. The van der Waals surface area contributed by atoms with E-state index in [1.807, 2.05) is 0 Å². The number of urea groups is 1. The van der Waals surface area contributed by atoms with Crippen LogP contribution in [-0.4, -0.2) is 59.6 Å². The van der Waals surface area contributed by atoms with E-state index in [0.29, 0.717) is 24.9 Å². The molecule has 1 saturated heterocycles. The van der Waals surface area contributed by atoms with Crippen LogP contribution in [0.2, 0.25) is 0 Å². The maximum atomic E-state index is 13.9. The molecule has 0 spiro atoms. The van der Waals surface area contributed by atoms with Gasteiger partial charge in [0.2, 0.25) is 0 Å². The summed E-state index contributed by atoms with van der Waals surface area (Å²) in [5.74, 6) is -0.478. The third-order valence-electron chi connectivity index (χ3n) is 14.9. The lowest BCUT2D eigenvalue weighted by Crippen LogP contribution is -2.64. The predicted octanol–water partition coefficient (Wildman–Crippen LogP) is 7.96. The molecule has 3 saturated carbocycles. The van der Waals surface area contributed by atoms with Gasteiger partial charge in [0, 0.05) is 24.4 Å². The van der Waals surface area contributed by atoms with Crippen LogP contribution in [0, 0.1) is 44.8 Å². The number of carboxylic acid groups (broad SMARTS) is 1. The van der Waals surface area contributed by atoms with Crippen LogP contribution in [0.5, 0.6) is 0 Å². The van der Waals surface area contributed by atoms with Crippen molar-refractivity contribution in [2.75, 3.05) is 13.1 Å². The summed E-state index contributed by atoms with van der Waals surface area (Å²) in [4.78, 5) is 52.2. The lowest BCUT2D eigenvalue weighted by atomic mass is 9.37. The zero-order chi connectivity index (χ0) is 37.8. The van der Waals surface area contributed by atoms with Gasteiger partial charge in [-0.3, -0.25) is 14.4 Å². The van der Waals surface area contributed by atoms with E-state index in [1.54, 1.807) is 13.8 Å². The first-order valence-electron chi connectivity index (χ1n) is 20.1. The van der Waals surface area contributed by atoms with E-state index in [0.717, 1.165) is 82.7 Å². The van der Waals surface area contributed by atoms with Gasteiger partial charge in [0.15, 0.2) is 5.78 Å². The number of carbonyl (C=O) groups excluding carboxylic acids is 3. The third kappa shape index (κ3) is 7.15. The van der Waals surface area contributed by atoms with Crippen molar-refractivity contribution < 1.29 is 29.0 Å². The number of fused-ring (bicyclic) bond motifs is 3. The van der Waals surface area contributed by atoms with Crippen molar-refractivity contribution in [2.24, 2.45) is 44.8 Å². The molecule has 0 radical (unpaired) electrons. The maximum absolute atomic E-state index is 13.9. The monoisotopic (exact) mass is 712 g/mol. The molecule has 0 aromatic heterocycles. The number of hydrogen-bond acceptors (Lipinski definition) is 6. The highest BCUT2D eigenvalue weighted by atomic mass is 16.5. The van der Waals surface area contributed by atoms with Gasteiger partial charge < -0.3 is 25.8 Å². The van der Waals surface area contributed by atoms with Crippen LogP contribution >= 0.6 is 0 Å². The average Bonchev–Trinajstić information content (AvgIpc) is 3.63. The molecule has 51 heavy (non-hydrogen) atoms. The molecule has 2 amide bonds. The van der Waals surface area contributed by atoms with E-state index in [-0.39, 0.29) is 57.8 Å². The number of carbonyl (C=O) groups is 4. The number of ketones is 1. The van der Waals surface area contributed by atoms with Gasteiger partial charge in [-0.05, 0) is 130 Å². The topological polar surface area (TPSA) is 134 Å². The lowest BCUT2D eigenvalue weighted by molar-refractivity contribution is -0.184. The van der Waals surface area contributed by atoms with Crippen molar-refractivity contribution in [3.05, 3.63) is 11.1 Å². The van der Waals surface area contributed by atoms with Crippen molar-refractivity contribution in [1.82, 2.24) is 16.0 Å². The Labute approximate surface area is 307 Å². The van der Waals surface area contributed by atoms with Gasteiger partial charge >= 0.3 is 18.0 Å². The van der Waals surface area contributed by atoms with Gasteiger partial charge in [0.05, 0.1) is 17.4 Å². The van der Waals surface area contributed by atoms with Crippen molar-refractivity contribution in [1.29, 1.82) is 0 Å². The van der Waals surface area contributed by atoms with E-state index in [1.165, 1.54) is 5.57 Å². The molecular formula is C42H69N3O6. The molecule has 5 rings (SSSR count). The van der Waals surface area contributed by atoms with Crippen molar-refractivity contribution in [3.8, 4) is 0 Å². The Morgan fingerprint density at radius 3 is 2.31 bits per heavy atom. The van der Waals surface area contributed by atoms with Crippen LogP contribution in [0.25, 0.3) is 0 Å². The SMILES string of the molecule is CCC[C@]1(C)[C@@H]([C@@]2(C)CC[C@H](OC(=O)CC(C)(C)C(=O)O)C(C)(C)C2)CC[C@@H]2C3=C(C(C)C)C(=O)C[C@]3(NC(=O)NC[C@@H]3CCCN3)CC[C@]21C. The number of nitrogens with one attached hydrogen (secondary N) is 3. The van der Waals surface area contributed by atoms with Crippen molar-refractivity contribution in [2.45, 2.75) is 170 Å². The quantitative estimate of drug-likeness (QED) is 0.160. The van der Waals surface area contributed by atoms with Gasteiger partial charge in [-0.25, -0.2) is 4.79 Å². The van der Waals surface area contributed by atoms with Crippen LogP contribution in [0.1, 0.15) is 153 Å². The molecule has 9 heteroatoms. The molecule has 4 aliphatic carbocycles. The van der Waals surface area contributed by atoms with Crippen molar-refractivity contribution in [3.63, 3.8) is 0 Å². The summed E-state index contributed by atoms with van der Waals surface area (Å²) in [5, 5.41) is 19.6. The summed E-state index contributed by atoms with van der Waals surface area (Å²) in [7, 11) is 0. The zero-order valence-electron chi connectivity index (χ0n) is 33.5. The molecule has 4 N–H and O–H groups in total. The number of esters is 1. The summed E-state index contributed by atoms with van der Waals surface area (Å²) in [6.07, 6.45) is 10.7. The molecular weight excluding hydrogens is 642 g/mol. The van der Waals surface area contributed by atoms with Gasteiger partial charge in [-0.1, -0.05) is 61.8 Å². The van der Waals surface area contributed by atoms with Crippen LogP contribution < -0.4 is 16.0 Å². The number of allylic oxidation sites excluding steroid dienone is 1. The van der Waals surface area contributed by atoms with Gasteiger partial charge in [-0.2, -0.15) is 0 Å². The van der Waals surface area contributed by atoms with E-state index < -0.39 is 22.9 Å². The van der Waals surface area contributed by atoms with E-state index >= 15 is 0 Å². The van der Waals surface area contributed by atoms with Gasteiger partial charge in [0.25, 0.3) is 0 Å². The minimum absolute atomic E-state index is 0.00614. The van der Waals surface area contributed by atoms with E-state index in [4.69, 9.17) is 4.74 Å². The third-order valence-corrected chi connectivity index (χ3v) is 14.9. The molecule has 9 nitrogen and oxygen atoms in total. The normalized spacial score (nSPS) is 37.9. The molecule has 4 fully saturated rings. The highest BCUT2D eigenvalue weighted by Gasteiger charge is 2.67. The molecule has 0 bridgehead atoms. The van der Waals surface area contributed by atoms with Gasteiger partial charge in [-0.15, -0.1) is 0 Å². The number of hydrogen-bond donors (Lipinski definition) is 4. The van der Waals surface area contributed by atoms with Crippen molar-refractivity contribution >= 4 is 23.8 Å². The molecule has 0 aromatic rings. The standard InChI is InChI=1S/C42H69N3O6/c1-11-17-41(10)30(39(8)18-16-31(38(6,7)25-39)51-32(47)23-37(4,5)35(48)49)15-14-28-34-33(26(2)3)29(46)22-42(34,20-19-40(28,41)9)45-36(50)44-24-27-13-12-21-43-27/h26-28,30-31,43H,11-25H2,1-10H3,(H,48,49)(H2,44,45,50)/t27-,28+,30+,31-,39-,40+,41+,42+/m0/s1. The number of Topliss-reactive ketones (excluding diaryl/α,β-unsaturated/α-hetero) is 1. The first-order chi connectivity index (χ1) is 23.6. The number of ether oxygens (including phenoxy) is 1. The summed E-state index contributed by atoms with van der Waals surface area (Å²) < 4.78 is 6.08. The number of carboxylic acids is 1. The van der Waals surface area contributed by atoms with Crippen LogP contribution in [0.3, 0.4) is 0 Å². The van der Waals surface area contributed by atoms with E-state index in [2.05, 4.69) is 71.3 Å². The minimum Gasteiger partial charge on any atom is -0.481 e. The van der Waals surface area contributed by atoms with Crippen LogP contribution in [-0.2, 0) is 19.1 Å². The first-order valence-corrected chi connectivity index (χ1v) is 20.1. The number of aliphatic carboxylic acids is 1. The Bertz CT molecular complexity index is 1410. The number of rotatable bonds is 11. The Balaban J connectivity index is 1.42. The smallest absolute Gasteiger partial charge is 0.315 e. The summed E-state index contributed by atoms with van der Waals surface area (Å²) in [6, 6.07) is 0.142. The maximum Gasteiger partial charge on any atom is 0.315 e. The highest BCUT2D eigenvalue weighted by Crippen LogP contribution is 2.72. The Morgan fingerprint density at radius 1 is 1.02 bits per heavy atom. The average molecular weight is 712 g/mol.